The van der Waals surface area contributed by atoms with E-state index in [1.165, 1.54) is 16.7 Å². The summed E-state index contributed by atoms with van der Waals surface area (Å²) >= 11 is 1.59. The first kappa shape index (κ1) is 24.4. The maximum Gasteiger partial charge on any atom is 0.191 e. The van der Waals surface area contributed by atoms with Crippen molar-refractivity contribution in [3.8, 4) is 0 Å². The van der Waals surface area contributed by atoms with Crippen molar-refractivity contribution in [2.45, 2.75) is 81.8 Å². The number of aliphatic hydroxyl groups excluding tert-OH is 3. The van der Waals surface area contributed by atoms with E-state index in [0.717, 1.165) is 18.6 Å². The van der Waals surface area contributed by atoms with Gasteiger partial charge in [-0.3, -0.25) is 0 Å². The van der Waals surface area contributed by atoms with Gasteiger partial charge >= 0.3 is 0 Å². The third kappa shape index (κ3) is 4.89. The molecule has 1 aromatic carbocycles. The van der Waals surface area contributed by atoms with Crippen LogP contribution in [0.1, 0.15) is 61.3 Å². The lowest BCUT2D eigenvalue weighted by molar-refractivity contribution is 0.00107. The zero-order valence-corrected chi connectivity index (χ0v) is 21.2. The molecule has 4 N–H and O–H groups in total. The number of aliphatic hydroxyl groups is 3. The number of hydrogen-bond acceptors (Lipinski definition) is 9. The third-order valence-electron chi connectivity index (χ3n) is 7.11. The van der Waals surface area contributed by atoms with Crippen LogP contribution in [0.2, 0.25) is 0 Å². The number of benzene rings is 1. The molecule has 5 rings (SSSR count). The first-order valence-corrected chi connectivity index (χ1v) is 13.5. The Hall–Kier alpha value is -2.27. The SMILES string of the molecule is CCCSc1nc(NC2CC2c2cc(C)cc(C)c2)c2nnn([C@@H]3C[C@H](CCO)[C@@H](O)[C@H]3O)c2n1. The Morgan fingerprint density at radius 3 is 2.57 bits per heavy atom. The fourth-order valence-corrected chi connectivity index (χ4v) is 6.00. The lowest BCUT2D eigenvalue weighted by atomic mass is 10.0. The Bertz CT molecular complexity index is 1180. The quantitative estimate of drug-likeness (QED) is 0.260. The molecule has 0 bridgehead atoms. The highest BCUT2D eigenvalue weighted by Crippen LogP contribution is 2.44. The van der Waals surface area contributed by atoms with E-state index in [4.69, 9.17) is 9.97 Å². The van der Waals surface area contributed by atoms with Crippen molar-refractivity contribution in [1.82, 2.24) is 25.0 Å². The highest BCUT2D eigenvalue weighted by atomic mass is 32.2. The molecule has 2 heterocycles. The van der Waals surface area contributed by atoms with Gasteiger partial charge in [-0.05, 0) is 51.0 Å². The van der Waals surface area contributed by atoms with Crippen LogP contribution in [0.4, 0.5) is 5.82 Å². The average Bonchev–Trinajstić information content (AvgIpc) is 3.38. The minimum atomic E-state index is -0.994. The van der Waals surface area contributed by atoms with Gasteiger partial charge in [-0.15, -0.1) is 5.10 Å². The lowest BCUT2D eigenvalue weighted by Gasteiger charge is -2.17. The summed E-state index contributed by atoms with van der Waals surface area (Å²) in [6, 6.07) is 6.50. The molecule has 0 radical (unpaired) electrons. The molecule has 0 aliphatic heterocycles. The molecule has 2 aliphatic rings. The van der Waals surface area contributed by atoms with Crippen LogP contribution in [-0.4, -0.2) is 70.9 Å². The van der Waals surface area contributed by atoms with Crippen LogP contribution in [0.3, 0.4) is 0 Å². The van der Waals surface area contributed by atoms with Crippen molar-refractivity contribution in [2.75, 3.05) is 17.7 Å². The summed E-state index contributed by atoms with van der Waals surface area (Å²) in [6.07, 6.45) is 1.05. The Morgan fingerprint density at radius 1 is 1.09 bits per heavy atom. The van der Waals surface area contributed by atoms with Crippen molar-refractivity contribution < 1.29 is 15.3 Å². The van der Waals surface area contributed by atoms with E-state index >= 15 is 0 Å². The van der Waals surface area contributed by atoms with E-state index in [1.54, 1.807) is 16.4 Å². The fourth-order valence-electron chi connectivity index (χ4n) is 5.31. The number of nitrogens with zero attached hydrogens (tertiary/aromatic N) is 5. The summed E-state index contributed by atoms with van der Waals surface area (Å²) in [5.41, 5.74) is 5.02. The van der Waals surface area contributed by atoms with Crippen molar-refractivity contribution in [3.63, 3.8) is 0 Å². The number of anilines is 1. The zero-order valence-electron chi connectivity index (χ0n) is 20.4. The molecule has 0 amide bonds. The molecular formula is C25H34N6O3S. The molecule has 35 heavy (non-hydrogen) atoms. The molecule has 2 aliphatic carbocycles. The number of aryl methyl sites for hydroxylation is 2. The fraction of sp³-hybridized carbons (Fsp3) is 0.600. The van der Waals surface area contributed by atoms with E-state index in [9.17, 15) is 15.3 Å². The predicted octanol–water partition coefficient (Wildman–Crippen LogP) is 2.97. The second-order valence-corrected chi connectivity index (χ2v) is 11.0. The number of rotatable bonds is 9. The molecule has 2 saturated carbocycles. The Balaban J connectivity index is 1.45. The monoisotopic (exact) mass is 498 g/mol. The second-order valence-electron chi connectivity index (χ2n) is 9.98. The molecular weight excluding hydrogens is 464 g/mol. The largest absolute Gasteiger partial charge is 0.396 e. The first-order chi connectivity index (χ1) is 16.9. The molecule has 2 aromatic heterocycles. The van der Waals surface area contributed by atoms with E-state index < -0.39 is 18.2 Å². The maximum atomic E-state index is 10.7. The minimum Gasteiger partial charge on any atom is -0.396 e. The summed E-state index contributed by atoms with van der Waals surface area (Å²) in [5, 5.41) is 43.6. The normalized spacial score (nSPS) is 28.1. The van der Waals surface area contributed by atoms with E-state index in [0.29, 0.717) is 40.9 Å². The van der Waals surface area contributed by atoms with Gasteiger partial charge in [-0.25, -0.2) is 14.6 Å². The van der Waals surface area contributed by atoms with Gasteiger partial charge in [0, 0.05) is 24.3 Å². The summed E-state index contributed by atoms with van der Waals surface area (Å²) < 4.78 is 1.64. The third-order valence-corrected chi connectivity index (χ3v) is 8.16. The topological polar surface area (TPSA) is 129 Å². The summed E-state index contributed by atoms with van der Waals surface area (Å²) in [7, 11) is 0. The molecule has 3 aromatic rings. The zero-order chi connectivity index (χ0) is 24.7. The highest BCUT2D eigenvalue weighted by Gasteiger charge is 2.44. The van der Waals surface area contributed by atoms with Gasteiger partial charge in [0.15, 0.2) is 22.1 Å². The van der Waals surface area contributed by atoms with Gasteiger partial charge in [0.25, 0.3) is 0 Å². The molecule has 2 fully saturated rings. The van der Waals surface area contributed by atoms with E-state index in [2.05, 4.69) is 54.6 Å². The van der Waals surface area contributed by atoms with Crippen molar-refractivity contribution in [2.24, 2.45) is 5.92 Å². The molecule has 6 atom stereocenters. The first-order valence-electron chi connectivity index (χ1n) is 12.5. The summed E-state index contributed by atoms with van der Waals surface area (Å²) in [6.45, 7) is 6.34. The minimum absolute atomic E-state index is 0.0314. The van der Waals surface area contributed by atoms with Gasteiger partial charge in [0.2, 0.25) is 0 Å². The molecule has 0 spiro atoms. The number of hydrogen-bond donors (Lipinski definition) is 4. The molecule has 9 nitrogen and oxygen atoms in total. The van der Waals surface area contributed by atoms with Crippen LogP contribution in [0.5, 0.6) is 0 Å². The Kier molecular flexibility index (Phi) is 6.98. The van der Waals surface area contributed by atoms with Crippen LogP contribution in [0.15, 0.2) is 23.4 Å². The summed E-state index contributed by atoms with van der Waals surface area (Å²) in [4.78, 5) is 9.52. The van der Waals surface area contributed by atoms with E-state index in [1.807, 2.05) is 0 Å². The average molecular weight is 499 g/mol. The molecule has 188 valence electrons. The van der Waals surface area contributed by atoms with Gasteiger partial charge in [0.05, 0.1) is 12.1 Å². The van der Waals surface area contributed by atoms with E-state index in [-0.39, 0.29) is 18.6 Å². The van der Waals surface area contributed by atoms with Gasteiger partial charge < -0.3 is 20.6 Å². The smallest absolute Gasteiger partial charge is 0.191 e. The van der Waals surface area contributed by atoms with Gasteiger partial charge in [0.1, 0.15) is 6.10 Å². The van der Waals surface area contributed by atoms with Crippen LogP contribution >= 0.6 is 11.8 Å². The summed E-state index contributed by atoms with van der Waals surface area (Å²) in [5.74, 6) is 1.78. The lowest BCUT2D eigenvalue weighted by Crippen LogP contribution is -2.30. The van der Waals surface area contributed by atoms with Crippen molar-refractivity contribution >= 4 is 28.7 Å². The Labute approximate surface area is 209 Å². The number of fused-ring (bicyclic) bond motifs is 1. The van der Waals surface area contributed by atoms with Crippen molar-refractivity contribution in [1.29, 1.82) is 0 Å². The molecule has 2 unspecified atom stereocenters. The van der Waals surface area contributed by atoms with Crippen LogP contribution in [-0.2, 0) is 0 Å². The van der Waals surface area contributed by atoms with Crippen LogP contribution in [0, 0.1) is 19.8 Å². The Morgan fingerprint density at radius 2 is 1.86 bits per heavy atom. The standard InChI is InChI=1S/C25H34N6O3S/c1-4-7-35-25-27-23(26-18-12-17(18)16-9-13(2)8-14(3)10-16)20-24(28-25)31(30-29-20)19-11-15(5-6-32)21(33)22(19)34/h8-10,15,17-19,21-22,32-34H,4-7,11-12H2,1-3H3,(H,26,27,28)/t15-,17?,18?,19+,21+,22-/m0/s1. The number of nitrogens with one attached hydrogen (secondary N) is 1. The second kappa shape index (κ2) is 10.0. The van der Waals surface area contributed by atoms with Gasteiger partial charge in [-0.1, -0.05) is 53.2 Å². The molecule has 0 saturated heterocycles. The van der Waals surface area contributed by atoms with Crippen LogP contribution in [0.25, 0.3) is 11.2 Å². The van der Waals surface area contributed by atoms with Gasteiger partial charge in [-0.2, -0.15) is 0 Å². The molecule has 10 heteroatoms. The highest BCUT2D eigenvalue weighted by molar-refractivity contribution is 7.99. The number of thioether (sulfide) groups is 1. The van der Waals surface area contributed by atoms with Crippen LogP contribution < -0.4 is 5.32 Å². The number of aromatic nitrogens is 5. The van der Waals surface area contributed by atoms with Crippen molar-refractivity contribution in [3.05, 3.63) is 34.9 Å². The predicted molar refractivity (Wildman–Crippen MR) is 136 cm³/mol. The maximum absolute atomic E-state index is 10.7.